The molecule has 2 heteroatoms. The number of carbonyl (C=O) groups excluding carboxylic acids is 1. The smallest absolute Gasteiger partial charge is 0.179 e. The number of likely N-dealkylation sites (tertiary alicyclic amines) is 1. The largest absolute Gasteiger partial charge is 0.293 e. The fourth-order valence-electron chi connectivity index (χ4n) is 3.48. The van der Waals surface area contributed by atoms with E-state index in [4.69, 9.17) is 0 Å². The molecule has 1 saturated heterocycles. The van der Waals surface area contributed by atoms with E-state index in [9.17, 15) is 4.79 Å². The minimum atomic E-state index is 0.0494. The summed E-state index contributed by atoms with van der Waals surface area (Å²) >= 11 is 0. The highest BCUT2D eigenvalue weighted by atomic mass is 16.1. The molecule has 1 unspecified atom stereocenters. The summed E-state index contributed by atoms with van der Waals surface area (Å²) in [7, 11) is 0. The van der Waals surface area contributed by atoms with Crippen LogP contribution in [-0.4, -0.2) is 29.8 Å². The second-order valence-corrected chi connectivity index (χ2v) is 7.33. The Kier molecular flexibility index (Phi) is 5.21. The number of hydrogen-bond acceptors (Lipinski definition) is 2. The highest BCUT2D eigenvalue weighted by Crippen LogP contribution is 2.35. The van der Waals surface area contributed by atoms with Crippen LogP contribution in [0.2, 0.25) is 0 Å². The molecular weight excluding hydrogens is 258 g/mol. The molecule has 0 N–H and O–H groups in total. The maximum Gasteiger partial charge on any atom is 0.179 e. The highest BCUT2D eigenvalue weighted by molar-refractivity contribution is 6.00. The molecule has 1 aromatic carbocycles. The van der Waals surface area contributed by atoms with Crippen molar-refractivity contribution in [2.45, 2.75) is 53.0 Å². The maximum absolute atomic E-state index is 12.7. The van der Waals surface area contributed by atoms with E-state index in [-0.39, 0.29) is 11.8 Å². The van der Waals surface area contributed by atoms with Crippen LogP contribution in [0.25, 0.3) is 0 Å². The molecule has 1 aromatic rings. The molecule has 1 heterocycles. The lowest BCUT2D eigenvalue weighted by Gasteiger charge is -2.41. The Morgan fingerprint density at radius 3 is 2.24 bits per heavy atom. The summed E-state index contributed by atoms with van der Waals surface area (Å²) in [5, 5.41) is 0. The second kappa shape index (κ2) is 6.74. The first-order chi connectivity index (χ1) is 9.93. The van der Waals surface area contributed by atoms with E-state index < -0.39 is 0 Å². The number of nitrogens with zero attached hydrogens (tertiary/aromatic N) is 1. The van der Waals surface area contributed by atoms with Crippen LogP contribution in [0.5, 0.6) is 0 Å². The van der Waals surface area contributed by atoms with Crippen molar-refractivity contribution >= 4 is 5.78 Å². The van der Waals surface area contributed by atoms with Crippen LogP contribution in [0.4, 0.5) is 0 Å². The van der Waals surface area contributed by atoms with Crippen molar-refractivity contribution in [2.75, 3.05) is 13.1 Å². The quantitative estimate of drug-likeness (QED) is 0.765. The van der Waals surface area contributed by atoms with Gasteiger partial charge in [-0.2, -0.15) is 0 Å². The lowest BCUT2D eigenvalue weighted by molar-refractivity contribution is 0.0616. The maximum atomic E-state index is 12.7. The van der Waals surface area contributed by atoms with E-state index in [0.717, 1.165) is 31.0 Å². The molecule has 0 aromatic heterocycles. The standard InChI is InChI=1S/C19H29NO/c1-5-17(18(21)15-9-7-6-8-10-15)20-13-11-16(12-14-20)19(2,3)4/h6-10,16-17H,5,11-14H2,1-4H3. The summed E-state index contributed by atoms with van der Waals surface area (Å²) in [6.45, 7) is 11.2. The normalized spacial score (nSPS) is 19.4. The van der Waals surface area contributed by atoms with Crippen molar-refractivity contribution in [2.24, 2.45) is 11.3 Å². The summed E-state index contributed by atoms with van der Waals surface area (Å²) in [6.07, 6.45) is 3.32. The van der Waals surface area contributed by atoms with Gasteiger partial charge in [-0.05, 0) is 43.7 Å². The van der Waals surface area contributed by atoms with Gasteiger partial charge in [0.05, 0.1) is 6.04 Å². The second-order valence-electron chi connectivity index (χ2n) is 7.33. The molecule has 2 nitrogen and oxygen atoms in total. The first-order valence-electron chi connectivity index (χ1n) is 8.26. The number of carbonyl (C=O) groups is 1. The Labute approximate surface area is 129 Å². The molecule has 0 spiro atoms. The molecule has 0 aliphatic carbocycles. The molecule has 0 amide bonds. The third kappa shape index (κ3) is 3.94. The Hall–Kier alpha value is -1.15. The van der Waals surface area contributed by atoms with E-state index in [1.54, 1.807) is 0 Å². The molecule has 0 radical (unpaired) electrons. The van der Waals surface area contributed by atoms with Crippen LogP contribution in [0, 0.1) is 11.3 Å². The van der Waals surface area contributed by atoms with Crippen LogP contribution in [-0.2, 0) is 0 Å². The van der Waals surface area contributed by atoms with Crippen molar-refractivity contribution in [3.05, 3.63) is 35.9 Å². The van der Waals surface area contributed by atoms with Gasteiger partial charge in [0.1, 0.15) is 0 Å². The number of hydrogen-bond donors (Lipinski definition) is 0. The van der Waals surface area contributed by atoms with Gasteiger partial charge in [-0.3, -0.25) is 9.69 Å². The molecule has 0 bridgehead atoms. The summed E-state index contributed by atoms with van der Waals surface area (Å²) < 4.78 is 0. The van der Waals surface area contributed by atoms with Gasteiger partial charge >= 0.3 is 0 Å². The zero-order chi connectivity index (χ0) is 15.5. The van der Waals surface area contributed by atoms with Gasteiger partial charge in [-0.15, -0.1) is 0 Å². The molecule has 21 heavy (non-hydrogen) atoms. The fourth-order valence-corrected chi connectivity index (χ4v) is 3.48. The van der Waals surface area contributed by atoms with E-state index in [1.807, 2.05) is 30.3 Å². The topological polar surface area (TPSA) is 20.3 Å². The predicted molar refractivity (Wildman–Crippen MR) is 88.6 cm³/mol. The fraction of sp³-hybridized carbons (Fsp3) is 0.632. The molecular formula is C19H29NO. The molecule has 2 rings (SSSR count). The minimum absolute atomic E-state index is 0.0494. The average molecular weight is 287 g/mol. The lowest BCUT2D eigenvalue weighted by atomic mass is 9.75. The third-order valence-corrected chi connectivity index (χ3v) is 4.94. The van der Waals surface area contributed by atoms with E-state index in [0.29, 0.717) is 5.41 Å². The highest BCUT2D eigenvalue weighted by Gasteiger charge is 2.33. The molecule has 116 valence electrons. The Morgan fingerprint density at radius 2 is 1.76 bits per heavy atom. The van der Waals surface area contributed by atoms with Gasteiger partial charge in [0.15, 0.2) is 5.78 Å². The summed E-state index contributed by atoms with van der Waals surface area (Å²) in [5.74, 6) is 1.06. The molecule has 1 fully saturated rings. The number of ketones is 1. The first kappa shape index (κ1) is 16.2. The average Bonchev–Trinajstić information content (AvgIpc) is 2.48. The van der Waals surface area contributed by atoms with Crippen molar-refractivity contribution in [3.63, 3.8) is 0 Å². The van der Waals surface area contributed by atoms with Crippen LogP contribution < -0.4 is 0 Å². The monoisotopic (exact) mass is 287 g/mol. The summed E-state index contributed by atoms with van der Waals surface area (Å²) in [6, 6.07) is 9.79. The van der Waals surface area contributed by atoms with Gasteiger partial charge in [0.2, 0.25) is 0 Å². The molecule has 1 aliphatic rings. The zero-order valence-corrected chi connectivity index (χ0v) is 13.9. The molecule has 1 atom stereocenters. The van der Waals surface area contributed by atoms with Gasteiger partial charge in [-0.25, -0.2) is 0 Å². The number of piperidine rings is 1. The molecule has 1 aliphatic heterocycles. The van der Waals surface area contributed by atoms with Crippen molar-refractivity contribution in [1.82, 2.24) is 4.90 Å². The Balaban J connectivity index is 2.02. The Bertz CT molecular complexity index is 452. The number of benzene rings is 1. The zero-order valence-electron chi connectivity index (χ0n) is 13.9. The van der Waals surface area contributed by atoms with Gasteiger partial charge in [0.25, 0.3) is 0 Å². The van der Waals surface area contributed by atoms with Crippen molar-refractivity contribution in [3.8, 4) is 0 Å². The van der Waals surface area contributed by atoms with Crippen LogP contribution in [0.1, 0.15) is 57.3 Å². The van der Waals surface area contributed by atoms with Crippen LogP contribution in [0.3, 0.4) is 0 Å². The SMILES string of the molecule is CCC(C(=O)c1ccccc1)N1CCC(C(C)(C)C)CC1. The Morgan fingerprint density at radius 1 is 1.19 bits per heavy atom. The van der Waals surface area contributed by atoms with Gasteiger partial charge in [-0.1, -0.05) is 58.0 Å². The number of Topliss-reactive ketones (excluding diaryl/α,β-unsaturated/α-hetero) is 1. The van der Waals surface area contributed by atoms with E-state index in [2.05, 4.69) is 32.6 Å². The van der Waals surface area contributed by atoms with Crippen molar-refractivity contribution in [1.29, 1.82) is 0 Å². The predicted octanol–water partition coefficient (Wildman–Crippen LogP) is 4.41. The first-order valence-corrected chi connectivity index (χ1v) is 8.26. The lowest BCUT2D eigenvalue weighted by Crippen LogP contribution is -2.47. The third-order valence-electron chi connectivity index (χ3n) is 4.94. The minimum Gasteiger partial charge on any atom is -0.293 e. The summed E-state index contributed by atoms with van der Waals surface area (Å²) in [5.41, 5.74) is 1.24. The van der Waals surface area contributed by atoms with E-state index >= 15 is 0 Å². The van der Waals surface area contributed by atoms with Crippen molar-refractivity contribution < 1.29 is 4.79 Å². The van der Waals surface area contributed by atoms with E-state index in [1.165, 1.54) is 12.8 Å². The van der Waals surface area contributed by atoms with Crippen LogP contribution in [0.15, 0.2) is 30.3 Å². The number of rotatable bonds is 4. The van der Waals surface area contributed by atoms with Crippen LogP contribution >= 0.6 is 0 Å². The van der Waals surface area contributed by atoms with Gasteiger partial charge in [0, 0.05) is 5.56 Å². The summed E-state index contributed by atoms with van der Waals surface area (Å²) in [4.78, 5) is 15.1. The van der Waals surface area contributed by atoms with Gasteiger partial charge < -0.3 is 0 Å². The molecule has 0 saturated carbocycles.